The van der Waals surface area contributed by atoms with Gasteiger partial charge in [0.25, 0.3) is 0 Å². The van der Waals surface area contributed by atoms with Crippen LogP contribution in [0, 0.1) is 0 Å². The van der Waals surface area contributed by atoms with Crippen LogP contribution in [0.25, 0.3) is 0 Å². The fraction of sp³-hybridized carbons (Fsp3) is 0.333. The highest BCUT2D eigenvalue weighted by atomic mass is 32.2. The van der Waals surface area contributed by atoms with Crippen LogP contribution >= 0.6 is 0 Å². The van der Waals surface area contributed by atoms with Crippen molar-refractivity contribution in [3.05, 3.63) is 65.2 Å². The topological polar surface area (TPSA) is 43.1 Å². The highest BCUT2D eigenvalue weighted by molar-refractivity contribution is 7.84. The minimum Gasteiger partial charge on any atom is -0.326 e. The second kappa shape index (κ2) is 6.54. The summed E-state index contributed by atoms with van der Waals surface area (Å²) >= 11 is 0. The average molecular weight is 301 g/mol. The molecule has 0 amide bonds. The number of nitrogens with two attached hydrogens (primary N) is 1. The van der Waals surface area contributed by atoms with E-state index in [1.807, 2.05) is 36.4 Å². The van der Waals surface area contributed by atoms with Crippen molar-refractivity contribution >= 4 is 10.8 Å². The molecule has 112 valence electrons. The molecule has 1 unspecified atom stereocenters. The van der Waals surface area contributed by atoms with Crippen molar-refractivity contribution in [1.82, 2.24) is 0 Å². The first kappa shape index (κ1) is 15.9. The van der Waals surface area contributed by atoms with E-state index in [-0.39, 0.29) is 5.41 Å². The molecule has 0 spiro atoms. The Balaban J connectivity index is 2.13. The van der Waals surface area contributed by atoms with Crippen molar-refractivity contribution in [1.29, 1.82) is 0 Å². The molecule has 2 aromatic carbocycles. The third kappa shape index (κ3) is 4.26. The predicted octanol–water partition coefficient (Wildman–Crippen LogP) is 3.75. The standard InChI is InChI=1S/C18H23NOS/c1-18(2,3)16-7-9-17(10-8-16)21(20)13-15-6-4-5-14(11-15)12-19/h4-11H,12-13,19H2,1-3H3. The predicted molar refractivity (Wildman–Crippen MR) is 89.6 cm³/mol. The smallest absolute Gasteiger partial charge is 0.0574 e. The second-order valence-corrected chi connectivity index (χ2v) is 7.74. The summed E-state index contributed by atoms with van der Waals surface area (Å²) in [6.07, 6.45) is 0. The van der Waals surface area contributed by atoms with Gasteiger partial charge in [-0.3, -0.25) is 4.21 Å². The van der Waals surface area contributed by atoms with Gasteiger partial charge >= 0.3 is 0 Å². The Labute approximate surface area is 129 Å². The van der Waals surface area contributed by atoms with Gasteiger partial charge in [-0.25, -0.2) is 0 Å². The maximum Gasteiger partial charge on any atom is 0.0574 e. The average Bonchev–Trinajstić information content (AvgIpc) is 2.46. The molecule has 0 saturated carbocycles. The minimum atomic E-state index is -1.02. The first-order valence-electron chi connectivity index (χ1n) is 7.17. The van der Waals surface area contributed by atoms with Crippen LogP contribution in [0.1, 0.15) is 37.5 Å². The third-order valence-electron chi connectivity index (χ3n) is 3.51. The largest absolute Gasteiger partial charge is 0.326 e. The van der Waals surface area contributed by atoms with Crippen LogP contribution < -0.4 is 5.73 Å². The van der Waals surface area contributed by atoms with Crippen molar-refractivity contribution < 1.29 is 4.21 Å². The number of hydrogen-bond donors (Lipinski definition) is 1. The minimum absolute atomic E-state index is 0.121. The highest BCUT2D eigenvalue weighted by Gasteiger charge is 2.14. The molecular formula is C18H23NOS. The molecule has 2 nitrogen and oxygen atoms in total. The van der Waals surface area contributed by atoms with E-state index in [9.17, 15) is 4.21 Å². The van der Waals surface area contributed by atoms with Gasteiger partial charge in [0.05, 0.1) is 16.6 Å². The zero-order chi connectivity index (χ0) is 15.5. The summed E-state index contributed by atoms with van der Waals surface area (Å²) in [5.74, 6) is 0.530. The first-order chi connectivity index (χ1) is 9.90. The Bertz CT molecular complexity index is 626. The van der Waals surface area contributed by atoms with Crippen molar-refractivity contribution in [2.75, 3.05) is 0 Å². The summed E-state index contributed by atoms with van der Waals surface area (Å²) in [5, 5.41) is 0. The molecule has 0 heterocycles. The molecule has 1 atom stereocenters. The van der Waals surface area contributed by atoms with Gasteiger partial charge < -0.3 is 5.73 Å². The summed E-state index contributed by atoms with van der Waals surface area (Å²) in [6.45, 7) is 7.05. The fourth-order valence-electron chi connectivity index (χ4n) is 2.19. The van der Waals surface area contributed by atoms with Gasteiger partial charge in [0, 0.05) is 11.4 Å². The van der Waals surface area contributed by atoms with Crippen LogP contribution in [-0.4, -0.2) is 4.21 Å². The Morgan fingerprint density at radius 3 is 2.19 bits per heavy atom. The Morgan fingerprint density at radius 1 is 1.00 bits per heavy atom. The molecule has 0 aliphatic heterocycles. The maximum absolute atomic E-state index is 12.5. The van der Waals surface area contributed by atoms with Crippen LogP contribution in [0.4, 0.5) is 0 Å². The van der Waals surface area contributed by atoms with Crippen LogP contribution in [0.5, 0.6) is 0 Å². The van der Waals surface area contributed by atoms with Crippen molar-refractivity contribution in [2.24, 2.45) is 5.73 Å². The molecule has 0 radical (unpaired) electrons. The van der Waals surface area contributed by atoms with Gasteiger partial charge in [-0.2, -0.15) is 0 Å². The molecular weight excluding hydrogens is 278 g/mol. The molecule has 3 heteroatoms. The Hall–Kier alpha value is -1.45. The van der Waals surface area contributed by atoms with Gasteiger partial charge in [-0.1, -0.05) is 57.2 Å². The Morgan fingerprint density at radius 2 is 1.62 bits per heavy atom. The maximum atomic E-state index is 12.5. The molecule has 0 aliphatic carbocycles. The van der Waals surface area contributed by atoms with Gasteiger partial charge in [0.1, 0.15) is 0 Å². The van der Waals surface area contributed by atoms with E-state index in [4.69, 9.17) is 5.73 Å². The van der Waals surface area contributed by atoms with Crippen LogP contribution in [0.3, 0.4) is 0 Å². The highest BCUT2D eigenvalue weighted by Crippen LogP contribution is 2.23. The molecule has 2 rings (SSSR count). The van der Waals surface area contributed by atoms with Gasteiger partial charge in [0.15, 0.2) is 0 Å². The van der Waals surface area contributed by atoms with E-state index in [0.717, 1.165) is 16.0 Å². The van der Waals surface area contributed by atoms with Crippen LogP contribution in [0.15, 0.2) is 53.4 Å². The second-order valence-electron chi connectivity index (χ2n) is 6.29. The molecule has 0 aromatic heterocycles. The van der Waals surface area contributed by atoms with Crippen LogP contribution in [-0.2, 0) is 28.5 Å². The van der Waals surface area contributed by atoms with Crippen molar-refractivity contribution in [3.63, 3.8) is 0 Å². The van der Waals surface area contributed by atoms with E-state index in [2.05, 4.69) is 32.9 Å². The monoisotopic (exact) mass is 301 g/mol. The van der Waals surface area contributed by atoms with E-state index in [1.54, 1.807) is 0 Å². The number of benzene rings is 2. The summed E-state index contributed by atoms with van der Waals surface area (Å²) < 4.78 is 12.5. The van der Waals surface area contributed by atoms with E-state index in [1.165, 1.54) is 5.56 Å². The number of rotatable bonds is 4. The molecule has 0 bridgehead atoms. The summed E-state index contributed by atoms with van der Waals surface area (Å²) in [6, 6.07) is 16.1. The molecule has 21 heavy (non-hydrogen) atoms. The SMILES string of the molecule is CC(C)(C)c1ccc(S(=O)Cc2cccc(CN)c2)cc1. The summed E-state index contributed by atoms with van der Waals surface area (Å²) in [5.41, 5.74) is 9.16. The van der Waals surface area contributed by atoms with Gasteiger partial charge in [-0.05, 0) is 34.2 Å². The molecule has 0 fully saturated rings. The lowest BCUT2D eigenvalue weighted by Gasteiger charge is -2.19. The number of hydrogen-bond acceptors (Lipinski definition) is 2. The van der Waals surface area contributed by atoms with Gasteiger partial charge in [0.2, 0.25) is 0 Å². The summed E-state index contributed by atoms with van der Waals surface area (Å²) in [7, 11) is -1.02. The molecule has 0 saturated heterocycles. The van der Waals surface area contributed by atoms with Crippen LogP contribution in [0.2, 0.25) is 0 Å². The Kier molecular flexibility index (Phi) is 4.96. The van der Waals surface area contributed by atoms with Gasteiger partial charge in [-0.15, -0.1) is 0 Å². The quantitative estimate of drug-likeness (QED) is 0.934. The zero-order valence-corrected chi connectivity index (χ0v) is 13.7. The summed E-state index contributed by atoms with van der Waals surface area (Å²) in [4.78, 5) is 0.876. The third-order valence-corrected chi connectivity index (χ3v) is 4.90. The zero-order valence-electron chi connectivity index (χ0n) is 12.9. The van der Waals surface area contributed by atoms with Crippen molar-refractivity contribution in [2.45, 2.75) is 43.4 Å². The van der Waals surface area contributed by atoms with E-state index < -0.39 is 10.8 Å². The molecule has 2 aromatic rings. The first-order valence-corrected chi connectivity index (χ1v) is 8.49. The fourth-order valence-corrected chi connectivity index (χ4v) is 3.28. The molecule has 2 N–H and O–H groups in total. The lowest BCUT2D eigenvalue weighted by atomic mass is 9.87. The van der Waals surface area contributed by atoms with E-state index in [0.29, 0.717) is 12.3 Å². The van der Waals surface area contributed by atoms with Crippen molar-refractivity contribution in [3.8, 4) is 0 Å². The lowest BCUT2D eigenvalue weighted by molar-refractivity contribution is 0.589. The molecule has 0 aliphatic rings. The lowest BCUT2D eigenvalue weighted by Crippen LogP contribution is -2.10. The van der Waals surface area contributed by atoms with E-state index >= 15 is 0 Å². The normalized spacial score (nSPS) is 13.1.